The molecular formula is C24H26ClNO3. The SMILES string of the molecule is COc1ccc([C@H]2CNC(=O)/C(=C/c3ccccc3Cl)C2)cc1OC1CCCC1. The average molecular weight is 412 g/mol. The molecule has 1 amide bonds. The minimum atomic E-state index is -0.0305. The molecule has 4 rings (SSSR count). The Hall–Kier alpha value is -2.46. The van der Waals surface area contributed by atoms with Gasteiger partial charge in [0.05, 0.1) is 13.2 Å². The highest BCUT2D eigenvalue weighted by atomic mass is 35.5. The fraction of sp³-hybridized carbons (Fsp3) is 0.375. The number of methoxy groups -OCH3 is 1. The van der Waals surface area contributed by atoms with Gasteiger partial charge in [-0.15, -0.1) is 0 Å². The van der Waals surface area contributed by atoms with Gasteiger partial charge in [-0.3, -0.25) is 4.79 Å². The fourth-order valence-corrected chi connectivity index (χ4v) is 4.32. The Morgan fingerprint density at radius 2 is 1.90 bits per heavy atom. The highest BCUT2D eigenvalue weighted by molar-refractivity contribution is 6.32. The van der Waals surface area contributed by atoms with Crippen molar-refractivity contribution in [2.24, 2.45) is 0 Å². The zero-order valence-electron chi connectivity index (χ0n) is 16.6. The number of piperidine rings is 1. The highest BCUT2D eigenvalue weighted by Crippen LogP contribution is 2.37. The summed E-state index contributed by atoms with van der Waals surface area (Å²) in [4.78, 5) is 12.4. The fourth-order valence-electron chi connectivity index (χ4n) is 4.12. The van der Waals surface area contributed by atoms with Crippen LogP contribution in [0.2, 0.25) is 5.02 Å². The molecule has 0 aromatic heterocycles. The number of amides is 1. The van der Waals surface area contributed by atoms with E-state index in [0.717, 1.165) is 41.0 Å². The van der Waals surface area contributed by atoms with Crippen LogP contribution >= 0.6 is 11.6 Å². The van der Waals surface area contributed by atoms with Gasteiger partial charge in [-0.2, -0.15) is 0 Å². The van der Waals surface area contributed by atoms with Gasteiger partial charge in [-0.1, -0.05) is 35.9 Å². The summed E-state index contributed by atoms with van der Waals surface area (Å²) in [7, 11) is 1.67. The topological polar surface area (TPSA) is 47.6 Å². The second-order valence-electron chi connectivity index (χ2n) is 7.74. The van der Waals surface area contributed by atoms with Gasteiger partial charge in [-0.25, -0.2) is 0 Å². The first-order valence-corrected chi connectivity index (χ1v) is 10.6. The Balaban J connectivity index is 1.57. The maximum absolute atomic E-state index is 12.4. The Morgan fingerprint density at radius 3 is 2.66 bits per heavy atom. The summed E-state index contributed by atoms with van der Waals surface area (Å²) < 4.78 is 11.8. The molecule has 152 valence electrons. The van der Waals surface area contributed by atoms with Crippen molar-refractivity contribution >= 4 is 23.6 Å². The van der Waals surface area contributed by atoms with Gasteiger partial charge in [0.2, 0.25) is 5.91 Å². The van der Waals surface area contributed by atoms with Crippen molar-refractivity contribution in [3.05, 3.63) is 64.2 Å². The molecule has 2 aliphatic rings. The lowest BCUT2D eigenvalue weighted by Crippen LogP contribution is -2.35. The minimum Gasteiger partial charge on any atom is -0.493 e. The third kappa shape index (κ3) is 4.59. The zero-order valence-corrected chi connectivity index (χ0v) is 17.4. The van der Waals surface area contributed by atoms with Crippen molar-refractivity contribution in [1.82, 2.24) is 5.32 Å². The first-order chi connectivity index (χ1) is 14.1. The number of hydrogen-bond acceptors (Lipinski definition) is 3. The van der Waals surface area contributed by atoms with Crippen molar-refractivity contribution in [2.45, 2.75) is 44.1 Å². The van der Waals surface area contributed by atoms with Crippen LogP contribution in [0.15, 0.2) is 48.0 Å². The van der Waals surface area contributed by atoms with Crippen LogP contribution in [0.4, 0.5) is 0 Å². The maximum Gasteiger partial charge on any atom is 0.247 e. The smallest absolute Gasteiger partial charge is 0.247 e. The minimum absolute atomic E-state index is 0.0305. The average Bonchev–Trinajstić information content (AvgIpc) is 3.24. The third-order valence-corrected chi connectivity index (χ3v) is 6.10. The maximum atomic E-state index is 12.4. The second kappa shape index (κ2) is 8.91. The highest BCUT2D eigenvalue weighted by Gasteiger charge is 2.26. The lowest BCUT2D eigenvalue weighted by molar-refractivity contribution is -0.118. The molecule has 1 aliphatic heterocycles. The van der Waals surface area contributed by atoms with Gasteiger partial charge in [0.1, 0.15) is 0 Å². The normalized spacial score (nSPS) is 21.2. The first-order valence-electron chi connectivity index (χ1n) is 10.2. The summed E-state index contributed by atoms with van der Waals surface area (Å²) in [5.74, 6) is 1.70. The molecule has 2 aromatic rings. The van der Waals surface area contributed by atoms with E-state index in [1.54, 1.807) is 7.11 Å². The third-order valence-electron chi connectivity index (χ3n) is 5.76. The predicted octanol–water partition coefficient (Wildman–Crippen LogP) is 5.36. The molecule has 0 radical (unpaired) electrons. The van der Waals surface area contributed by atoms with Gasteiger partial charge in [0.25, 0.3) is 0 Å². The Kier molecular flexibility index (Phi) is 6.10. The molecule has 1 N–H and O–H groups in total. The van der Waals surface area contributed by atoms with Crippen molar-refractivity contribution in [3.63, 3.8) is 0 Å². The number of ether oxygens (including phenoxy) is 2. The summed E-state index contributed by atoms with van der Waals surface area (Å²) in [5, 5.41) is 3.66. The molecule has 1 aliphatic carbocycles. The van der Waals surface area contributed by atoms with E-state index in [0.29, 0.717) is 18.0 Å². The summed E-state index contributed by atoms with van der Waals surface area (Å²) in [5.41, 5.74) is 2.74. The Labute approximate surface area is 176 Å². The molecule has 0 bridgehead atoms. The van der Waals surface area contributed by atoms with Crippen molar-refractivity contribution < 1.29 is 14.3 Å². The molecule has 0 spiro atoms. The number of rotatable bonds is 5. The molecule has 2 fully saturated rings. The molecule has 1 saturated carbocycles. The van der Waals surface area contributed by atoms with Gasteiger partial charge in [-0.05, 0) is 67.5 Å². The zero-order chi connectivity index (χ0) is 20.2. The number of halogens is 1. The largest absolute Gasteiger partial charge is 0.493 e. The number of hydrogen-bond donors (Lipinski definition) is 1. The molecule has 0 unspecified atom stereocenters. The van der Waals surface area contributed by atoms with Crippen LogP contribution in [0.3, 0.4) is 0 Å². The monoisotopic (exact) mass is 411 g/mol. The summed E-state index contributed by atoms with van der Waals surface area (Å²) in [6.45, 7) is 0.605. The number of carbonyl (C=O) groups excluding carboxylic acids is 1. The van der Waals surface area contributed by atoms with Crippen LogP contribution in [0, 0.1) is 0 Å². The van der Waals surface area contributed by atoms with E-state index in [4.69, 9.17) is 21.1 Å². The van der Waals surface area contributed by atoms with Crippen molar-refractivity contribution in [1.29, 1.82) is 0 Å². The molecule has 1 saturated heterocycles. The van der Waals surface area contributed by atoms with Crippen molar-refractivity contribution in [3.8, 4) is 11.5 Å². The summed E-state index contributed by atoms with van der Waals surface area (Å²) >= 11 is 6.27. The lowest BCUT2D eigenvalue weighted by Gasteiger charge is -2.26. The first kappa shape index (κ1) is 19.8. The van der Waals surface area contributed by atoms with Crippen LogP contribution in [0.5, 0.6) is 11.5 Å². The van der Waals surface area contributed by atoms with E-state index >= 15 is 0 Å². The van der Waals surface area contributed by atoms with Crippen LogP contribution in [0.1, 0.15) is 49.1 Å². The molecule has 29 heavy (non-hydrogen) atoms. The molecule has 1 heterocycles. The molecule has 5 heteroatoms. The van der Waals surface area contributed by atoms with E-state index in [9.17, 15) is 4.79 Å². The Bertz CT molecular complexity index is 918. The predicted molar refractivity (Wildman–Crippen MR) is 116 cm³/mol. The lowest BCUT2D eigenvalue weighted by atomic mass is 9.87. The van der Waals surface area contributed by atoms with Gasteiger partial charge >= 0.3 is 0 Å². The second-order valence-corrected chi connectivity index (χ2v) is 8.14. The standard InChI is InChI=1S/C24H26ClNO3/c1-28-22-11-10-16(14-23(22)29-20-7-3-4-8-20)19-13-18(24(27)26-15-19)12-17-6-2-5-9-21(17)25/h2,5-6,9-12,14,19-20H,3-4,7-8,13,15H2,1H3,(H,26,27)/b18-12+/t19-/m1/s1. The molecule has 1 atom stereocenters. The quantitative estimate of drug-likeness (QED) is 0.674. The Morgan fingerprint density at radius 1 is 1.10 bits per heavy atom. The number of nitrogens with one attached hydrogen (secondary N) is 1. The van der Waals surface area contributed by atoms with E-state index in [1.165, 1.54) is 12.8 Å². The van der Waals surface area contributed by atoms with E-state index in [1.807, 2.05) is 36.4 Å². The van der Waals surface area contributed by atoms with E-state index in [2.05, 4.69) is 17.4 Å². The van der Waals surface area contributed by atoms with Crippen LogP contribution < -0.4 is 14.8 Å². The van der Waals surface area contributed by atoms with Crippen molar-refractivity contribution in [2.75, 3.05) is 13.7 Å². The van der Waals surface area contributed by atoms with Gasteiger partial charge in [0, 0.05) is 23.1 Å². The molecule has 4 nitrogen and oxygen atoms in total. The van der Waals surface area contributed by atoms with Gasteiger partial charge in [0.15, 0.2) is 11.5 Å². The number of benzene rings is 2. The van der Waals surface area contributed by atoms with E-state index in [-0.39, 0.29) is 17.9 Å². The van der Waals surface area contributed by atoms with Crippen LogP contribution in [-0.2, 0) is 4.79 Å². The molecular weight excluding hydrogens is 386 g/mol. The van der Waals surface area contributed by atoms with E-state index < -0.39 is 0 Å². The number of carbonyl (C=O) groups is 1. The summed E-state index contributed by atoms with van der Waals surface area (Å²) in [6.07, 6.45) is 7.45. The van der Waals surface area contributed by atoms with Crippen LogP contribution in [-0.4, -0.2) is 25.7 Å². The molecule has 2 aromatic carbocycles. The summed E-state index contributed by atoms with van der Waals surface area (Å²) in [6, 6.07) is 13.7. The van der Waals surface area contributed by atoms with Gasteiger partial charge < -0.3 is 14.8 Å². The van der Waals surface area contributed by atoms with Crippen LogP contribution in [0.25, 0.3) is 6.08 Å².